The number of nitrogens with zero attached hydrogens (tertiary/aromatic N) is 1. The Bertz CT molecular complexity index is 74.6. The van der Waals surface area contributed by atoms with Crippen molar-refractivity contribution in [2.45, 2.75) is 24.6 Å². The second-order valence-electron chi connectivity index (χ2n) is 1.43. The SMILES string of the molecule is CCCC([SeH])C#N. The fourth-order valence-corrected chi connectivity index (χ4v) is 0.880. The van der Waals surface area contributed by atoms with Gasteiger partial charge in [0.05, 0.1) is 0 Å². The molecule has 0 saturated carbocycles. The monoisotopic (exact) mass is 163 g/mol. The summed E-state index contributed by atoms with van der Waals surface area (Å²) < 4.78 is 0. The topological polar surface area (TPSA) is 23.8 Å². The minimum absolute atomic E-state index is 0.192. The van der Waals surface area contributed by atoms with Gasteiger partial charge >= 0.3 is 51.9 Å². The van der Waals surface area contributed by atoms with Crippen LogP contribution in [0.3, 0.4) is 0 Å². The standard InChI is InChI=1S/C5H9NSe/c1-2-3-5(7)4-6/h5,7H,2-3H2,1H3. The van der Waals surface area contributed by atoms with Crippen LogP contribution in [0.2, 0.25) is 4.82 Å². The van der Waals surface area contributed by atoms with Crippen LogP contribution in [0.15, 0.2) is 0 Å². The molecule has 0 amide bonds. The van der Waals surface area contributed by atoms with Gasteiger partial charge in [0.15, 0.2) is 0 Å². The van der Waals surface area contributed by atoms with Crippen molar-refractivity contribution in [1.29, 1.82) is 5.26 Å². The fourth-order valence-electron chi connectivity index (χ4n) is 0.338. The first kappa shape index (κ1) is 7.01. The summed E-state index contributed by atoms with van der Waals surface area (Å²) in [4.78, 5) is 0.192. The maximum atomic E-state index is 8.20. The van der Waals surface area contributed by atoms with Gasteiger partial charge in [0.25, 0.3) is 0 Å². The van der Waals surface area contributed by atoms with Gasteiger partial charge in [-0.25, -0.2) is 0 Å². The Labute approximate surface area is 52.5 Å². The molecule has 0 bridgehead atoms. The molecule has 0 saturated heterocycles. The maximum absolute atomic E-state index is 8.20. The first-order chi connectivity index (χ1) is 3.31. The van der Waals surface area contributed by atoms with E-state index in [1.54, 1.807) is 0 Å². The zero-order valence-corrected chi connectivity index (χ0v) is 6.26. The first-order valence-electron chi connectivity index (χ1n) is 2.39. The Morgan fingerprint density at radius 2 is 2.43 bits per heavy atom. The van der Waals surface area contributed by atoms with Crippen LogP contribution < -0.4 is 0 Å². The quantitative estimate of drug-likeness (QED) is 0.555. The average molecular weight is 162 g/mol. The Kier molecular flexibility index (Phi) is 4.18. The molecule has 7 heavy (non-hydrogen) atoms. The Morgan fingerprint density at radius 1 is 1.86 bits per heavy atom. The third kappa shape index (κ3) is 3.85. The van der Waals surface area contributed by atoms with Crippen LogP contribution in [0.1, 0.15) is 19.8 Å². The second-order valence-corrected chi connectivity index (χ2v) is 2.74. The van der Waals surface area contributed by atoms with Crippen LogP contribution in [-0.2, 0) is 0 Å². The number of nitriles is 1. The number of hydrogen-bond acceptors (Lipinski definition) is 1. The van der Waals surface area contributed by atoms with Crippen molar-refractivity contribution in [1.82, 2.24) is 0 Å². The van der Waals surface area contributed by atoms with E-state index in [2.05, 4.69) is 29.0 Å². The van der Waals surface area contributed by atoms with Gasteiger partial charge < -0.3 is 0 Å². The molecule has 0 fully saturated rings. The van der Waals surface area contributed by atoms with Crippen LogP contribution in [0, 0.1) is 11.3 Å². The number of rotatable bonds is 2. The summed E-state index contributed by atoms with van der Waals surface area (Å²) in [6.45, 7) is 2.08. The van der Waals surface area contributed by atoms with Gasteiger partial charge in [-0.1, -0.05) is 0 Å². The molecule has 2 heteroatoms. The van der Waals surface area contributed by atoms with E-state index in [0.717, 1.165) is 12.8 Å². The Hall–Kier alpha value is 0.00948. The van der Waals surface area contributed by atoms with Gasteiger partial charge in [-0.05, 0) is 0 Å². The van der Waals surface area contributed by atoms with E-state index in [-0.39, 0.29) is 4.82 Å². The molecular formula is C5H9NSe. The van der Waals surface area contributed by atoms with Gasteiger partial charge in [0, 0.05) is 0 Å². The van der Waals surface area contributed by atoms with Gasteiger partial charge in [0.2, 0.25) is 0 Å². The van der Waals surface area contributed by atoms with Crippen molar-refractivity contribution in [3.63, 3.8) is 0 Å². The predicted molar refractivity (Wildman–Crippen MR) is 31.4 cm³/mol. The Balaban J connectivity index is 3.04. The van der Waals surface area contributed by atoms with Crippen molar-refractivity contribution < 1.29 is 0 Å². The van der Waals surface area contributed by atoms with Crippen molar-refractivity contribution in [2.75, 3.05) is 0 Å². The van der Waals surface area contributed by atoms with Crippen LogP contribution >= 0.6 is 0 Å². The third-order valence-corrected chi connectivity index (χ3v) is 1.50. The summed E-state index contributed by atoms with van der Waals surface area (Å²) in [5.41, 5.74) is 0. The summed E-state index contributed by atoms with van der Waals surface area (Å²) >= 11 is 2.36. The van der Waals surface area contributed by atoms with Gasteiger partial charge in [-0.15, -0.1) is 0 Å². The molecule has 0 spiro atoms. The van der Waals surface area contributed by atoms with Crippen LogP contribution in [0.4, 0.5) is 0 Å². The van der Waals surface area contributed by atoms with E-state index in [9.17, 15) is 0 Å². The summed E-state index contributed by atoms with van der Waals surface area (Å²) in [5.74, 6) is 0. The molecule has 0 aromatic carbocycles. The molecule has 0 rings (SSSR count). The molecule has 1 atom stereocenters. The molecule has 0 aliphatic heterocycles. The van der Waals surface area contributed by atoms with Crippen molar-refractivity contribution in [3.8, 4) is 6.07 Å². The zero-order chi connectivity index (χ0) is 5.70. The molecule has 0 aromatic heterocycles. The number of hydrogen-bond donors (Lipinski definition) is 0. The van der Waals surface area contributed by atoms with Gasteiger partial charge in [-0.3, -0.25) is 0 Å². The van der Waals surface area contributed by atoms with Gasteiger partial charge in [0.1, 0.15) is 0 Å². The first-order valence-corrected chi connectivity index (χ1v) is 3.47. The minimum atomic E-state index is 0.192. The molecule has 40 valence electrons. The summed E-state index contributed by atoms with van der Waals surface area (Å²) in [6.07, 6.45) is 2.11. The van der Waals surface area contributed by atoms with E-state index in [4.69, 9.17) is 5.26 Å². The van der Waals surface area contributed by atoms with E-state index < -0.39 is 0 Å². The van der Waals surface area contributed by atoms with Crippen molar-refractivity contribution in [2.24, 2.45) is 0 Å². The van der Waals surface area contributed by atoms with Crippen LogP contribution in [0.5, 0.6) is 0 Å². The second kappa shape index (κ2) is 4.18. The third-order valence-electron chi connectivity index (χ3n) is 0.711. The summed E-state index contributed by atoms with van der Waals surface area (Å²) in [5, 5.41) is 8.20. The van der Waals surface area contributed by atoms with E-state index in [0.29, 0.717) is 0 Å². The van der Waals surface area contributed by atoms with E-state index >= 15 is 0 Å². The molecule has 0 heterocycles. The van der Waals surface area contributed by atoms with Crippen molar-refractivity contribution in [3.05, 3.63) is 0 Å². The van der Waals surface area contributed by atoms with Crippen LogP contribution in [0.25, 0.3) is 0 Å². The Morgan fingerprint density at radius 3 is 2.57 bits per heavy atom. The fraction of sp³-hybridized carbons (Fsp3) is 0.800. The molecule has 0 radical (unpaired) electrons. The normalized spacial score (nSPS) is 12.7. The molecule has 0 N–H and O–H groups in total. The molecule has 0 aliphatic carbocycles. The van der Waals surface area contributed by atoms with Crippen LogP contribution in [-0.4, -0.2) is 16.0 Å². The molecule has 0 aliphatic rings. The molecular weight excluding hydrogens is 153 g/mol. The summed E-state index contributed by atoms with van der Waals surface area (Å²) in [6, 6.07) is 2.14. The van der Waals surface area contributed by atoms with E-state index in [1.807, 2.05) is 0 Å². The summed E-state index contributed by atoms with van der Waals surface area (Å²) in [7, 11) is 0. The zero-order valence-electron chi connectivity index (χ0n) is 4.39. The van der Waals surface area contributed by atoms with Crippen molar-refractivity contribution >= 4 is 16.0 Å². The average Bonchev–Trinajstić information content (AvgIpc) is 1.68. The van der Waals surface area contributed by atoms with Gasteiger partial charge in [-0.2, -0.15) is 0 Å². The van der Waals surface area contributed by atoms with E-state index in [1.165, 1.54) is 0 Å². The molecule has 1 unspecified atom stereocenters. The molecule has 0 aromatic rings. The molecule has 1 nitrogen and oxygen atoms in total. The predicted octanol–water partition coefficient (Wildman–Crippen LogP) is 0.999.